The van der Waals surface area contributed by atoms with E-state index >= 15 is 0 Å². The predicted octanol–water partition coefficient (Wildman–Crippen LogP) is 3.76. The highest BCUT2D eigenvalue weighted by atomic mass is 16.7. The second-order valence-electron chi connectivity index (χ2n) is 6.01. The molecule has 1 aliphatic heterocycles. The molecule has 2 fully saturated rings. The number of benzene rings is 2. The zero-order chi connectivity index (χ0) is 14.1. The summed E-state index contributed by atoms with van der Waals surface area (Å²) in [6.45, 7) is 1.47. The van der Waals surface area contributed by atoms with Crippen LogP contribution >= 0.6 is 0 Å². The van der Waals surface area contributed by atoms with Crippen LogP contribution in [0.5, 0.6) is 0 Å². The van der Waals surface area contributed by atoms with Gasteiger partial charge in [-0.2, -0.15) is 0 Å². The van der Waals surface area contributed by atoms with E-state index in [0.29, 0.717) is 5.92 Å². The molecule has 2 aromatic rings. The van der Waals surface area contributed by atoms with Crippen LogP contribution in [0.3, 0.4) is 0 Å². The maximum atomic E-state index is 5.65. The summed E-state index contributed by atoms with van der Waals surface area (Å²) in [5, 5.41) is 0. The smallest absolute Gasteiger partial charge is 0.158 e. The topological polar surface area (TPSA) is 18.5 Å². The van der Waals surface area contributed by atoms with E-state index in [0.717, 1.165) is 19.6 Å². The second kappa shape index (κ2) is 5.28. The molecule has 1 aliphatic carbocycles. The average Bonchev–Trinajstić information content (AvgIpc) is 3.03. The summed E-state index contributed by atoms with van der Waals surface area (Å²) in [7, 11) is 0. The molecular weight excluding hydrogens is 260 g/mol. The van der Waals surface area contributed by atoms with E-state index in [1.165, 1.54) is 17.5 Å². The van der Waals surface area contributed by atoms with Crippen LogP contribution in [0.15, 0.2) is 60.7 Å². The van der Waals surface area contributed by atoms with Crippen LogP contribution in [0.2, 0.25) is 0 Å². The number of ether oxygens (including phenoxy) is 2. The molecule has 4 rings (SSSR count). The summed E-state index contributed by atoms with van der Waals surface area (Å²) in [4.78, 5) is 0. The minimum Gasteiger partial charge on any atom is -0.350 e. The maximum absolute atomic E-state index is 5.65. The monoisotopic (exact) mass is 280 g/mol. The third kappa shape index (κ3) is 2.29. The molecule has 2 heteroatoms. The molecule has 108 valence electrons. The lowest BCUT2D eigenvalue weighted by Crippen LogP contribution is -2.16. The molecule has 2 nitrogen and oxygen atoms in total. The number of hydrogen-bond donors (Lipinski definition) is 0. The molecule has 0 amide bonds. The molecule has 1 unspecified atom stereocenters. The van der Waals surface area contributed by atoms with Crippen molar-refractivity contribution in [1.82, 2.24) is 0 Å². The predicted molar refractivity (Wildman–Crippen MR) is 82.1 cm³/mol. The molecule has 0 aromatic heterocycles. The van der Waals surface area contributed by atoms with Gasteiger partial charge in [0.05, 0.1) is 13.2 Å². The molecule has 1 saturated carbocycles. The van der Waals surface area contributed by atoms with E-state index in [9.17, 15) is 0 Å². The number of hydrogen-bond acceptors (Lipinski definition) is 2. The molecule has 21 heavy (non-hydrogen) atoms. The van der Waals surface area contributed by atoms with Crippen molar-refractivity contribution >= 4 is 0 Å². The average molecular weight is 280 g/mol. The zero-order valence-corrected chi connectivity index (χ0v) is 12.1. The largest absolute Gasteiger partial charge is 0.350 e. The van der Waals surface area contributed by atoms with E-state index in [1.807, 2.05) is 0 Å². The Balaban J connectivity index is 1.65. The summed E-state index contributed by atoms with van der Waals surface area (Å²) in [5.74, 6) is 0.602. The molecule has 2 aromatic carbocycles. The first-order valence-corrected chi connectivity index (χ1v) is 7.74. The lowest BCUT2D eigenvalue weighted by Gasteiger charge is -2.20. The quantitative estimate of drug-likeness (QED) is 0.849. The van der Waals surface area contributed by atoms with Gasteiger partial charge in [-0.05, 0) is 23.5 Å². The van der Waals surface area contributed by atoms with Crippen molar-refractivity contribution in [2.24, 2.45) is 5.92 Å². The SMILES string of the molecule is c1ccc(C2(c3ccccc3)CC2CC2OCCO2)cc1. The summed E-state index contributed by atoms with van der Waals surface area (Å²) in [6, 6.07) is 21.7. The van der Waals surface area contributed by atoms with Crippen LogP contribution < -0.4 is 0 Å². The minimum atomic E-state index is -0.00991. The van der Waals surface area contributed by atoms with Crippen molar-refractivity contribution in [3.05, 3.63) is 71.8 Å². The van der Waals surface area contributed by atoms with Gasteiger partial charge in [0.15, 0.2) is 6.29 Å². The zero-order valence-electron chi connectivity index (χ0n) is 12.1. The fourth-order valence-corrected chi connectivity index (χ4v) is 3.73. The second-order valence-corrected chi connectivity index (χ2v) is 6.01. The normalized spacial score (nSPS) is 24.1. The van der Waals surface area contributed by atoms with Crippen molar-refractivity contribution in [2.75, 3.05) is 13.2 Å². The molecule has 0 bridgehead atoms. The lowest BCUT2D eigenvalue weighted by atomic mass is 9.85. The third-order valence-corrected chi connectivity index (χ3v) is 4.85. The Morgan fingerprint density at radius 2 is 1.33 bits per heavy atom. The van der Waals surface area contributed by atoms with E-state index in [4.69, 9.17) is 9.47 Å². The first kappa shape index (κ1) is 13.1. The molecular formula is C19H20O2. The first-order valence-electron chi connectivity index (χ1n) is 7.74. The van der Waals surface area contributed by atoms with Crippen LogP contribution in [-0.4, -0.2) is 19.5 Å². The van der Waals surface area contributed by atoms with Gasteiger partial charge in [-0.15, -0.1) is 0 Å². The standard InChI is InChI=1S/C19H20O2/c1-3-7-15(8-4-1)19(16-9-5-2-6-10-16)14-17(19)13-18-20-11-12-21-18/h1-10,17-18H,11-14H2. The Labute approximate surface area is 125 Å². The van der Waals surface area contributed by atoms with Gasteiger partial charge in [0.1, 0.15) is 0 Å². The van der Waals surface area contributed by atoms with E-state index in [1.54, 1.807) is 0 Å². The lowest BCUT2D eigenvalue weighted by molar-refractivity contribution is -0.0511. The fourth-order valence-electron chi connectivity index (χ4n) is 3.73. The van der Waals surface area contributed by atoms with Gasteiger partial charge in [-0.25, -0.2) is 0 Å². The highest BCUT2D eigenvalue weighted by Gasteiger charge is 2.56. The Morgan fingerprint density at radius 3 is 1.86 bits per heavy atom. The van der Waals surface area contributed by atoms with Crippen molar-refractivity contribution in [1.29, 1.82) is 0 Å². The van der Waals surface area contributed by atoms with Gasteiger partial charge in [-0.1, -0.05) is 60.7 Å². The fraction of sp³-hybridized carbons (Fsp3) is 0.368. The van der Waals surface area contributed by atoms with Gasteiger partial charge in [0.2, 0.25) is 0 Å². The van der Waals surface area contributed by atoms with Crippen molar-refractivity contribution < 1.29 is 9.47 Å². The highest BCUT2D eigenvalue weighted by Crippen LogP contribution is 2.60. The van der Waals surface area contributed by atoms with E-state index < -0.39 is 0 Å². The third-order valence-electron chi connectivity index (χ3n) is 4.85. The van der Waals surface area contributed by atoms with Crippen molar-refractivity contribution in [3.8, 4) is 0 Å². The molecule has 1 saturated heterocycles. The molecule has 1 heterocycles. The first-order chi connectivity index (χ1) is 10.4. The van der Waals surface area contributed by atoms with Gasteiger partial charge < -0.3 is 9.47 Å². The molecule has 0 N–H and O–H groups in total. The minimum absolute atomic E-state index is 0.00991. The Hall–Kier alpha value is -1.64. The summed E-state index contributed by atoms with van der Waals surface area (Å²) < 4.78 is 11.3. The van der Waals surface area contributed by atoms with E-state index in [-0.39, 0.29) is 11.7 Å². The summed E-state index contributed by atoms with van der Waals surface area (Å²) >= 11 is 0. The maximum Gasteiger partial charge on any atom is 0.158 e. The van der Waals surface area contributed by atoms with Crippen LogP contribution in [0.25, 0.3) is 0 Å². The molecule has 0 radical (unpaired) electrons. The van der Waals surface area contributed by atoms with Crippen LogP contribution in [0, 0.1) is 5.92 Å². The Kier molecular flexibility index (Phi) is 3.28. The van der Waals surface area contributed by atoms with Gasteiger partial charge in [0, 0.05) is 11.8 Å². The van der Waals surface area contributed by atoms with Gasteiger partial charge in [-0.3, -0.25) is 0 Å². The van der Waals surface area contributed by atoms with E-state index in [2.05, 4.69) is 60.7 Å². The van der Waals surface area contributed by atoms with Crippen LogP contribution in [0.4, 0.5) is 0 Å². The van der Waals surface area contributed by atoms with Crippen LogP contribution in [0.1, 0.15) is 24.0 Å². The molecule has 0 spiro atoms. The summed E-state index contributed by atoms with van der Waals surface area (Å²) in [6.07, 6.45) is 2.16. The Morgan fingerprint density at radius 1 is 0.810 bits per heavy atom. The highest BCUT2D eigenvalue weighted by molar-refractivity contribution is 5.46. The van der Waals surface area contributed by atoms with Crippen LogP contribution in [-0.2, 0) is 14.9 Å². The molecule has 2 aliphatic rings. The summed E-state index contributed by atoms with van der Waals surface area (Å²) in [5.41, 5.74) is 2.98. The van der Waals surface area contributed by atoms with Gasteiger partial charge in [0.25, 0.3) is 0 Å². The van der Waals surface area contributed by atoms with Crippen molar-refractivity contribution in [3.63, 3.8) is 0 Å². The number of rotatable bonds is 4. The van der Waals surface area contributed by atoms with Gasteiger partial charge >= 0.3 is 0 Å². The van der Waals surface area contributed by atoms with Crippen molar-refractivity contribution in [2.45, 2.75) is 24.5 Å². The molecule has 1 atom stereocenters. The Bertz CT molecular complexity index is 548.